The fourth-order valence-electron chi connectivity index (χ4n) is 4.94. The van der Waals surface area contributed by atoms with Gasteiger partial charge in [0.25, 0.3) is 0 Å². The Morgan fingerprint density at radius 1 is 0.929 bits per heavy atom. The molecule has 0 radical (unpaired) electrons. The van der Waals surface area contributed by atoms with Gasteiger partial charge in [-0.2, -0.15) is 0 Å². The third-order valence-corrected chi connectivity index (χ3v) is 6.69. The lowest BCUT2D eigenvalue weighted by Crippen LogP contribution is -2.49. The molecule has 2 heterocycles. The predicted octanol–water partition coefficient (Wildman–Crippen LogP) is 2.83. The van der Waals surface area contributed by atoms with Gasteiger partial charge in [-0.15, -0.1) is 24.8 Å². The van der Waals surface area contributed by atoms with Gasteiger partial charge in [0.2, 0.25) is 5.91 Å². The predicted molar refractivity (Wildman–Crippen MR) is 115 cm³/mol. The van der Waals surface area contributed by atoms with Gasteiger partial charge in [-0.25, -0.2) is 0 Å². The molecule has 0 aromatic heterocycles. The van der Waals surface area contributed by atoms with Gasteiger partial charge in [0, 0.05) is 24.4 Å². The van der Waals surface area contributed by atoms with Crippen LogP contribution in [0.5, 0.6) is 0 Å². The van der Waals surface area contributed by atoms with E-state index in [0.717, 1.165) is 71.1 Å². The number of hydrogen-bond donors (Lipinski definition) is 3. The number of rotatable bonds is 6. The maximum Gasteiger partial charge on any atom is 0.303 e. The van der Waals surface area contributed by atoms with Crippen LogP contribution in [-0.2, 0) is 9.59 Å². The zero-order chi connectivity index (χ0) is 18.4. The number of hydrogen-bond acceptors (Lipinski definition) is 4. The zero-order valence-electron chi connectivity index (χ0n) is 16.7. The van der Waals surface area contributed by atoms with Crippen molar-refractivity contribution >= 4 is 36.7 Å². The average Bonchev–Trinajstić information content (AvgIpc) is 2.68. The first-order valence-corrected chi connectivity index (χ1v) is 10.6. The van der Waals surface area contributed by atoms with Crippen LogP contribution in [0, 0.1) is 11.8 Å². The first kappa shape index (κ1) is 25.5. The maximum atomic E-state index is 12.6. The Balaban J connectivity index is 0.00000196. The molecule has 3 aliphatic rings. The molecular weight excluding hydrogens is 401 g/mol. The van der Waals surface area contributed by atoms with Crippen LogP contribution >= 0.6 is 24.8 Å². The van der Waals surface area contributed by atoms with Crippen molar-refractivity contribution in [3.05, 3.63) is 0 Å². The molecule has 0 spiro atoms. The Hall–Kier alpha value is -0.560. The van der Waals surface area contributed by atoms with Crippen molar-refractivity contribution in [2.45, 2.75) is 76.3 Å². The summed E-state index contributed by atoms with van der Waals surface area (Å²) < 4.78 is 0. The number of carboxylic acid groups (broad SMARTS) is 1. The molecule has 1 aliphatic carbocycles. The van der Waals surface area contributed by atoms with Crippen LogP contribution in [0.2, 0.25) is 0 Å². The number of carbonyl (C=O) groups excluding carboxylic acids is 1. The van der Waals surface area contributed by atoms with E-state index in [9.17, 15) is 9.59 Å². The first-order valence-electron chi connectivity index (χ1n) is 10.6. The fourth-order valence-corrected chi connectivity index (χ4v) is 4.94. The van der Waals surface area contributed by atoms with Crippen LogP contribution in [0.1, 0.15) is 64.2 Å². The van der Waals surface area contributed by atoms with Crippen molar-refractivity contribution < 1.29 is 14.7 Å². The number of nitrogens with zero attached hydrogens (tertiary/aromatic N) is 1. The first-order chi connectivity index (χ1) is 12.6. The molecule has 8 heteroatoms. The molecule has 0 aromatic carbocycles. The summed E-state index contributed by atoms with van der Waals surface area (Å²) in [7, 11) is 0. The van der Waals surface area contributed by atoms with Gasteiger partial charge in [0.15, 0.2) is 0 Å². The normalized spacial score (nSPS) is 27.3. The van der Waals surface area contributed by atoms with Crippen molar-refractivity contribution in [1.29, 1.82) is 0 Å². The van der Waals surface area contributed by atoms with E-state index < -0.39 is 5.97 Å². The molecule has 3 rings (SSSR count). The van der Waals surface area contributed by atoms with Gasteiger partial charge in [-0.05, 0) is 89.9 Å². The van der Waals surface area contributed by atoms with E-state index in [-0.39, 0.29) is 43.1 Å². The number of carbonyl (C=O) groups is 2. The lowest BCUT2D eigenvalue weighted by molar-refractivity contribution is -0.137. The minimum absolute atomic E-state index is 0. The highest BCUT2D eigenvalue weighted by molar-refractivity contribution is 5.85. The lowest BCUT2D eigenvalue weighted by Gasteiger charge is -2.39. The zero-order valence-corrected chi connectivity index (χ0v) is 18.4. The number of piperidine rings is 2. The third kappa shape index (κ3) is 7.69. The number of amides is 1. The largest absolute Gasteiger partial charge is 0.481 e. The Morgan fingerprint density at radius 2 is 1.54 bits per heavy atom. The number of halogens is 2. The van der Waals surface area contributed by atoms with E-state index in [2.05, 4.69) is 15.5 Å². The average molecular weight is 438 g/mol. The summed E-state index contributed by atoms with van der Waals surface area (Å²) >= 11 is 0. The minimum Gasteiger partial charge on any atom is -0.481 e. The molecule has 28 heavy (non-hydrogen) atoms. The molecule has 2 aliphatic heterocycles. The molecule has 1 amide bonds. The summed E-state index contributed by atoms with van der Waals surface area (Å²) in [6.45, 7) is 4.37. The van der Waals surface area contributed by atoms with Crippen molar-refractivity contribution in [3.8, 4) is 0 Å². The van der Waals surface area contributed by atoms with Gasteiger partial charge in [-0.1, -0.05) is 0 Å². The summed E-state index contributed by atoms with van der Waals surface area (Å²) in [5.74, 6) is 0.255. The third-order valence-electron chi connectivity index (χ3n) is 6.69. The monoisotopic (exact) mass is 437 g/mol. The number of nitrogens with one attached hydrogen (secondary N) is 2. The fraction of sp³-hybridized carbons (Fsp3) is 0.900. The number of likely N-dealkylation sites (tertiary alicyclic amines) is 1. The van der Waals surface area contributed by atoms with E-state index in [1.807, 2.05) is 0 Å². The SMILES string of the molecule is Cl.Cl.O=C(O)CC[C@H]1CC[C@H](NC(=O)C2CCN(C3CCNCC3)CC2)CC1. The second kappa shape index (κ2) is 12.9. The van der Waals surface area contributed by atoms with E-state index in [4.69, 9.17) is 5.11 Å². The molecule has 6 nitrogen and oxygen atoms in total. The van der Waals surface area contributed by atoms with Crippen molar-refractivity contribution in [3.63, 3.8) is 0 Å². The molecular formula is C20H37Cl2N3O3. The quantitative estimate of drug-likeness (QED) is 0.594. The highest BCUT2D eigenvalue weighted by Gasteiger charge is 2.31. The molecule has 2 saturated heterocycles. The minimum atomic E-state index is -0.698. The van der Waals surface area contributed by atoms with Gasteiger partial charge in [0.1, 0.15) is 0 Å². The summed E-state index contributed by atoms with van der Waals surface area (Å²) in [6, 6.07) is 1.01. The van der Waals surface area contributed by atoms with Crippen molar-refractivity contribution in [2.24, 2.45) is 11.8 Å². The lowest BCUT2D eigenvalue weighted by atomic mass is 9.83. The maximum absolute atomic E-state index is 12.6. The summed E-state index contributed by atoms with van der Waals surface area (Å²) in [6.07, 6.45) is 9.62. The Labute approximate surface area is 181 Å². The molecule has 0 atom stereocenters. The van der Waals surface area contributed by atoms with Gasteiger partial charge in [-0.3, -0.25) is 9.59 Å². The molecule has 1 saturated carbocycles. The summed E-state index contributed by atoms with van der Waals surface area (Å²) in [5, 5.41) is 15.5. The molecule has 0 aromatic rings. The molecule has 3 N–H and O–H groups in total. The standard InChI is InChI=1S/C20H35N3O3.2ClH/c24-19(25)6-3-15-1-4-17(5-2-15)22-20(26)16-9-13-23(14-10-16)18-7-11-21-12-8-18;;/h15-18,21H,1-14H2,(H,22,26)(H,24,25);2*1H/t15-,17-;;. The Bertz CT molecular complexity index is 473. The van der Waals surface area contributed by atoms with Gasteiger partial charge >= 0.3 is 5.97 Å². The molecule has 0 bridgehead atoms. The van der Waals surface area contributed by atoms with Gasteiger partial charge < -0.3 is 20.6 Å². The van der Waals surface area contributed by atoms with Crippen LogP contribution < -0.4 is 10.6 Å². The van der Waals surface area contributed by atoms with Crippen molar-refractivity contribution in [1.82, 2.24) is 15.5 Å². The Morgan fingerprint density at radius 3 is 2.11 bits per heavy atom. The Kier molecular flexibility index (Phi) is 11.7. The van der Waals surface area contributed by atoms with E-state index in [1.54, 1.807) is 0 Å². The van der Waals surface area contributed by atoms with E-state index >= 15 is 0 Å². The second-order valence-electron chi connectivity index (χ2n) is 8.45. The molecule has 0 unspecified atom stereocenters. The van der Waals surface area contributed by atoms with Crippen molar-refractivity contribution in [2.75, 3.05) is 26.2 Å². The second-order valence-corrected chi connectivity index (χ2v) is 8.45. The summed E-state index contributed by atoms with van der Waals surface area (Å²) in [4.78, 5) is 25.9. The highest BCUT2D eigenvalue weighted by Crippen LogP contribution is 2.29. The van der Waals surface area contributed by atoms with Crippen LogP contribution in [0.25, 0.3) is 0 Å². The van der Waals surface area contributed by atoms with Crippen LogP contribution in [-0.4, -0.2) is 60.1 Å². The molecule has 164 valence electrons. The van der Waals surface area contributed by atoms with Gasteiger partial charge in [0.05, 0.1) is 0 Å². The van der Waals surface area contributed by atoms with E-state index in [1.165, 1.54) is 12.8 Å². The summed E-state index contributed by atoms with van der Waals surface area (Å²) in [5.41, 5.74) is 0. The number of aliphatic carboxylic acids is 1. The molecule has 3 fully saturated rings. The van der Waals surface area contributed by atoms with E-state index in [0.29, 0.717) is 18.0 Å². The van der Waals surface area contributed by atoms with Crippen LogP contribution in [0.15, 0.2) is 0 Å². The highest BCUT2D eigenvalue weighted by atomic mass is 35.5. The topological polar surface area (TPSA) is 81.7 Å². The number of carboxylic acids is 1. The van der Waals surface area contributed by atoms with Crippen LogP contribution in [0.4, 0.5) is 0 Å². The van der Waals surface area contributed by atoms with Crippen LogP contribution in [0.3, 0.4) is 0 Å². The smallest absolute Gasteiger partial charge is 0.303 e.